The summed E-state index contributed by atoms with van der Waals surface area (Å²) in [5.41, 5.74) is 8.14. The van der Waals surface area contributed by atoms with Gasteiger partial charge in [0.2, 0.25) is 0 Å². The smallest absolute Gasteiger partial charge is 0.264 e. The molecule has 4 aromatic carbocycles. The number of carbonyl (C=O) groups is 1. The first-order valence-corrected chi connectivity index (χ1v) is 14.3. The molecule has 206 valence electrons. The van der Waals surface area contributed by atoms with Crippen molar-refractivity contribution < 1.29 is 22.7 Å². The minimum absolute atomic E-state index is 0.0338. The van der Waals surface area contributed by atoms with Gasteiger partial charge in [0, 0.05) is 11.6 Å². The van der Waals surface area contributed by atoms with E-state index in [-0.39, 0.29) is 10.6 Å². The van der Waals surface area contributed by atoms with Crippen molar-refractivity contribution in [1.82, 2.24) is 5.43 Å². The van der Waals surface area contributed by atoms with E-state index in [2.05, 4.69) is 22.7 Å². The largest absolute Gasteiger partial charge is 0.493 e. The number of nitrogens with one attached hydrogen (secondary N) is 1. The van der Waals surface area contributed by atoms with Gasteiger partial charge in [-0.25, -0.2) is 13.8 Å². The molecule has 1 aliphatic rings. The van der Waals surface area contributed by atoms with Crippen LogP contribution in [0, 0.1) is 13.8 Å². The summed E-state index contributed by atoms with van der Waals surface area (Å²) >= 11 is 0. The van der Waals surface area contributed by atoms with E-state index in [1.165, 1.54) is 48.9 Å². The van der Waals surface area contributed by atoms with Crippen molar-refractivity contribution in [3.63, 3.8) is 0 Å². The number of nitrogens with zero attached hydrogens (tertiary/aromatic N) is 2. The van der Waals surface area contributed by atoms with Crippen molar-refractivity contribution in [2.24, 2.45) is 5.10 Å². The third-order valence-corrected chi connectivity index (χ3v) is 8.80. The van der Waals surface area contributed by atoms with Gasteiger partial charge in [-0.3, -0.25) is 9.10 Å². The van der Waals surface area contributed by atoms with Crippen LogP contribution in [0.25, 0.3) is 10.8 Å². The molecule has 0 fully saturated rings. The minimum Gasteiger partial charge on any atom is -0.493 e. The Hall–Kier alpha value is -4.37. The standard InChI is InChI=1S/C31H31N3O5S/c1-20-14-21(2)16-25(15-20)34(40(36,37)26-12-13-28(38-3)29(17-26)39-4)19-30(35)33-32-18-24-11-10-23-9-8-22-6-5-7-27(24)31(22)23/h5-7,10-18H,8-9,19H2,1-4H3,(H,33,35)/b32-18-. The van der Waals surface area contributed by atoms with E-state index >= 15 is 0 Å². The predicted molar refractivity (Wildman–Crippen MR) is 157 cm³/mol. The minimum atomic E-state index is -4.16. The van der Waals surface area contributed by atoms with Crippen LogP contribution in [0.15, 0.2) is 76.7 Å². The number of benzene rings is 4. The molecule has 0 aromatic heterocycles. The molecule has 9 heteroatoms. The van der Waals surface area contributed by atoms with Gasteiger partial charge in [0.25, 0.3) is 15.9 Å². The molecule has 1 N–H and O–H groups in total. The van der Waals surface area contributed by atoms with Crippen LogP contribution in [0.2, 0.25) is 0 Å². The van der Waals surface area contributed by atoms with Crippen molar-refractivity contribution >= 4 is 38.6 Å². The van der Waals surface area contributed by atoms with Gasteiger partial charge in [0.05, 0.1) is 31.0 Å². The lowest BCUT2D eigenvalue weighted by molar-refractivity contribution is -0.119. The van der Waals surface area contributed by atoms with Crippen molar-refractivity contribution in [2.45, 2.75) is 31.6 Å². The Labute approximate surface area is 234 Å². The van der Waals surface area contributed by atoms with E-state index in [1.54, 1.807) is 18.3 Å². The predicted octanol–water partition coefficient (Wildman–Crippen LogP) is 4.92. The summed E-state index contributed by atoms with van der Waals surface area (Å²) in [6.45, 7) is 3.28. The monoisotopic (exact) mass is 557 g/mol. The molecule has 0 unspecified atom stereocenters. The van der Waals surface area contributed by atoms with Gasteiger partial charge in [-0.05, 0) is 84.0 Å². The van der Waals surface area contributed by atoms with E-state index in [0.29, 0.717) is 11.4 Å². The van der Waals surface area contributed by atoms with Crippen molar-refractivity contribution in [3.8, 4) is 11.5 Å². The van der Waals surface area contributed by atoms with E-state index in [1.807, 2.05) is 38.1 Å². The van der Waals surface area contributed by atoms with Crippen molar-refractivity contribution in [2.75, 3.05) is 25.1 Å². The Morgan fingerprint density at radius 1 is 0.925 bits per heavy atom. The highest BCUT2D eigenvalue weighted by Crippen LogP contribution is 2.33. The first-order valence-electron chi connectivity index (χ1n) is 12.9. The molecule has 5 rings (SSSR count). The number of hydrogen-bond donors (Lipinski definition) is 1. The van der Waals surface area contributed by atoms with Gasteiger partial charge in [-0.2, -0.15) is 5.10 Å². The van der Waals surface area contributed by atoms with Crippen LogP contribution in [0.5, 0.6) is 11.5 Å². The highest BCUT2D eigenvalue weighted by Gasteiger charge is 2.29. The first-order chi connectivity index (χ1) is 19.2. The number of ether oxygens (including phenoxy) is 2. The second kappa shape index (κ2) is 11.0. The van der Waals surface area contributed by atoms with Crippen LogP contribution in [0.4, 0.5) is 5.69 Å². The summed E-state index contributed by atoms with van der Waals surface area (Å²) < 4.78 is 39.4. The fraction of sp³-hybridized carbons (Fsp3) is 0.226. The molecule has 0 saturated heterocycles. The Morgan fingerprint density at radius 3 is 2.33 bits per heavy atom. The van der Waals surface area contributed by atoms with E-state index in [9.17, 15) is 13.2 Å². The number of methoxy groups -OCH3 is 2. The van der Waals surface area contributed by atoms with Crippen LogP contribution in [-0.2, 0) is 27.7 Å². The van der Waals surface area contributed by atoms with Crippen molar-refractivity contribution in [3.05, 3.63) is 94.5 Å². The maximum Gasteiger partial charge on any atom is 0.264 e. The molecule has 0 heterocycles. The van der Waals surface area contributed by atoms with E-state index < -0.39 is 22.5 Å². The van der Waals surface area contributed by atoms with Gasteiger partial charge in [0.1, 0.15) is 6.54 Å². The molecule has 0 radical (unpaired) electrons. The number of amides is 1. The number of carbonyl (C=O) groups excluding carboxylic acids is 1. The maximum atomic E-state index is 13.9. The molecule has 0 aliphatic heterocycles. The Kier molecular flexibility index (Phi) is 7.49. The zero-order valence-electron chi connectivity index (χ0n) is 22.9. The second-order valence-electron chi connectivity index (χ2n) is 9.82. The zero-order valence-corrected chi connectivity index (χ0v) is 23.7. The summed E-state index contributed by atoms with van der Waals surface area (Å²) in [7, 11) is -1.26. The highest BCUT2D eigenvalue weighted by atomic mass is 32.2. The summed E-state index contributed by atoms with van der Waals surface area (Å²) in [6.07, 6.45) is 3.64. The lowest BCUT2D eigenvalue weighted by Gasteiger charge is -2.25. The fourth-order valence-corrected chi connectivity index (χ4v) is 6.66. The summed E-state index contributed by atoms with van der Waals surface area (Å²) in [4.78, 5) is 13.1. The molecule has 8 nitrogen and oxygen atoms in total. The number of aryl methyl sites for hydroxylation is 4. The summed E-state index contributed by atoms with van der Waals surface area (Å²) in [5, 5.41) is 6.51. The lowest BCUT2D eigenvalue weighted by Crippen LogP contribution is -2.39. The molecule has 0 spiro atoms. The van der Waals surface area contributed by atoms with Gasteiger partial charge in [-0.1, -0.05) is 36.4 Å². The number of hydrazone groups is 1. The summed E-state index contributed by atoms with van der Waals surface area (Å²) in [5.74, 6) is 0.0864. The lowest BCUT2D eigenvalue weighted by atomic mass is 10.0. The normalized spacial score (nSPS) is 12.6. The molecule has 1 amide bonds. The molecule has 0 saturated carbocycles. The number of hydrogen-bond acceptors (Lipinski definition) is 6. The third kappa shape index (κ3) is 5.24. The SMILES string of the molecule is COc1ccc(S(=O)(=O)N(CC(=O)N/N=C\c2ccc3c4c(cccc24)CC3)c2cc(C)cc(C)c2)cc1OC. The molecule has 0 bridgehead atoms. The van der Waals surface area contributed by atoms with E-state index in [0.717, 1.165) is 39.2 Å². The van der Waals surface area contributed by atoms with Crippen molar-refractivity contribution in [1.29, 1.82) is 0 Å². The Balaban J connectivity index is 1.43. The number of anilines is 1. The zero-order chi connectivity index (χ0) is 28.4. The van der Waals surface area contributed by atoms with Crippen LogP contribution in [0.3, 0.4) is 0 Å². The number of sulfonamides is 1. The third-order valence-electron chi connectivity index (χ3n) is 7.03. The summed E-state index contributed by atoms with van der Waals surface area (Å²) in [6, 6.07) is 20.0. The van der Waals surface area contributed by atoms with Gasteiger partial charge >= 0.3 is 0 Å². The molecular formula is C31H31N3O5S. The molecule has 0 atom stereocenters. The fourth-order valence-electron chi connectivity index (χ4n) is 5.24. The maximum absolute atomic E-state index is 13.9. The molecular weight excluding hydrogens is 526 g/mol. The number of rotatable bonds is 9. The van der Waals surface area contributed by atoms with Gasteiger partial charge in [0.15, 0.2) is 11.5 Å². The highest BCUT2D eigenvalue weighted by molar-refractivity contribution is 7.92. The van der Waals surface area contributed by atoms with Crippen LogP contribution < -0.4 is 19.2 Å². The second-order valence-corrected chi connectivity index (χ2v) is 11.7. The average molecular weight is 558 g/mol. The van der Waals surface area contributed by atoms with Crippen LogP contribution in [0.1, 0.15) is 27.8 Å². The first kappa shape index (κ1) is 27.2. The Bertz CT molecular complexity index is 1720. The van der Waals surface area contributed by atoms with E-state index in [4.69, 9.17) is 9.47 Å². The Morgan fingerprint density at radius 2 is 1.62 bits per heavy atom. The van der Waals surface area contributed by atoms with Crippen LogP contribution >= 0.6 is 0 Å². The van der Waals surface area contributed by atoms with Crippen LogP contribution in [-0.4, -0.2) is 41.3 Å². The quantitative estimate of drug-likeness (QED) is 0.233. The van der Waals surface area contributed by atoms with Gasteiger partial charge < -0.3 is 9.47 Å². The molecule has 4 aromatic rings. The van der Waals surface area contributed by atoms with Gasteiger partial charge in [-0.15, -0.1) is 0 Å². The molecule has 40 heavy (non-hydrogen) atoms. The average Bonchev–Trinajstić information content (AvgIpc) is 3.36. The molecule has 1 aliphatic carbocycles. The topological polar surface area (TPSA) is 97.3 Å².